The Kier molecular flexibility index (Phi) is 2.51. The van der Waals surface area contributed by atoms with Gasteiger partial charge in [0.25, 0.3) is 0 Å². The van der Waals surface area contributed by atoms with Gasteiger partial charge in [-0.05, 0) is 25.7 Å². The van der Waals surface area contributed by atoms with Crippen LogP contribution in [0, 0.1) is 0 Å². The van der Waals surface area contributed by atoms with Gasteiger partial charge in [-0.1, -0.05) is 6.42 Å². The summed E-state index contributed by atoms with van der Waals surface area (Å²) in [4.78, 5) is 12.7. The first kappa shape index (κ1) is 9.76. The predicted molar refractivity (Wildman–Crippen MR) is 60.6 cm³/mol. The van der Waals surface area contributed by atoms with Gasteiger partial charge in [0.2, 0.25) is 0 Å². The highest BCUT2D eigenvalue weighted by molar-refractivity contribution is 8.04. The maximum absolute atomic E-state index is 11.7. The fourth-order valence-electron chi connectivity index (χ4n) is 2.70. The lowest BCUT2D eigenvalue weighted by atomic mass is 9.96. The molecule has 0 aromatic carbocycles. The summed E-state index contributed by atoms with van der Waals surface area (Å²) in [7, 11) is 0. The van der Waals surface area contributed by atoms with Crippen LogP contribution < -0.4 is 0 Å². The third kappa shape index (κ3) is 1.71. The fourth-order valence-corrected chi connectivity index (χ4v) is 4.15. The van der Waals surface area contributed by atoms with Crippen LogP contribution in [0.4, 0.5) is 0 Å². The first-order valence-corrected chi connectivity index (χ1v) is 6.82. The number of hydrogen-bond donors (Lipinski definition) is 0. The molecule has 3 heteroatoms. The van der Waals surface area contributed by atoms with Gasteiger partial charge in [-0.25, -0.2) is 0 Å². The Morgan fingerprint density at radius 1 is 1.13 bits per heavy atom. The summed E-state index contributed by atoms with van der Waals surface area (Å²) < 4.78 is 6.00. The van der Waals surface area contributed by atoms with E-state index in [-0.39, 0.29) is 0 Å². The highest BCUT2D eigenvalue weighted by atomic mass is 32.2. The standard InChI is InChI=1S/C12H16O2S/c13-8-4-3-6-10-12(8)15-11-7-2-1-5-9(11)14-10/h9,11H,1-7H2/t9-,11-/m1/s1. The van der Waals surface area contributed by atoms with Crippen molar-refractivity contribution in [3.05, 3.63) is 10.7 Å². The predicted octanol–water partition coefficient (Wildman–Crippen LogP) is 3.03. The van der Waals surface area contributed by atoms with Gasteiger partial charge in [0.05, 0.1) is 4.91 Å². The third-order valence-electron chi connectivity index (χ3n) is 3.52. The normalized spacial score (nSPS) is 35.6. The van der Waals surface area contributed by atoms with Crippen molar-refractivity contribution < 1.29 is 9.53 Å². The van der Waals surface area contributed by atoms with Crippen LogP contribution in [0.25, 0.3) is 0 Å². The van der Waals surface area contributed by atoms with E-state index in [9.17, 15) is 4.79 Å². The molecule has 0 amide bonds. The maximum Gasteiger partial charge on any atom is 0.172 e. The highest BCUT2D eigenvalue weighted by Crippen LogP contribution is 2.45. The van der Waals surface area contributed by atoms with Crippen LogP contribution in [-0.2, 0) is 9.53 Å². The van der Waals surface area contributed by atoms with Crippen LogP contribution in [0.1, 0.15) is 44.9 Å². The summed E-state index contributed by atoms with van der Waals surface area (Å²) in [5.41, 5.74) is 0. The van der Waals surface area contributed by atoms with Crippen LogP contribution in [0.5, 0.6) is 0 Å². The topological polar surface area (TPSA) is 26.3 Å². The fraction of sp³-hybridized carbons (Fsp3) is 0.750. The molecule has 1 fully saturated rings. The molecular weight excluding hydrogens is 208 g/mol. The molecule has 0 unspecified atom stereocenters. The van der Waals surface area contributed by atoms with E-state index in [1.54, 1.807) is 0 Å². The van der Waals surface area contributed by atoms with Crippen molar-refractivity contribution in [2.45, 2.75) is 56.3 Å². The van der Waals surface area contributed by atoms with E-state index in [1.165, 1.54) is 25.7 Å². The molecule has 0 aromatic heterocycles. The molecule has 1 aliphatic heterocycles. The molecule has 82 valence electrons. The van der Waals surface area contributed by atoms with Gasteiger partial charge in [-0.2, -0.15) is 0 Å². The van der Waals surface area contributed by atoms with Gasteiger partial charge in [-0.3, -0.25) is 4.79 Å². The maximum atomic E-state index is 11.7. The Hall–Kier alpha value is -0.440. The van der Waals surface area contributed by atoms with E-state index < -0.39 is 0 Å². The van der Waals surface area contributed by atoms with Gasteiger partial charge < -0.3 is 4.74 Å². The largest absolute Gasteiger partial charge is 0.492 e. The summed E-state index contributed by atoms with van der Waals surface area (Å²) >= 11 is 1.81. The minimum atomic E-state index is 0.324. The van der Waals surface area contributed by atoms with Crippen molar-refractivity contribution in [2.24, 2.45) is 0 Å². The molecule has 0 bridgehead atoms. The van der Waals surface area contributed by atoms with Crippen molar-refractivity contribution in [2.75, 3.05) is 0 Å². The minimum Gasteiger partial charge on any atom is -0.492 e. The summed E-state index contributed by atoms with van der Waals surface area (Å²) in [6.45, 7) is 0. The average molecular weight is 224 g/mol. The Balaban J connectivity index is 1.86. The summed E-state index contributed by atoms with van der Waals surface area (Å²) in [5, 5.41) is 0.555. The first-order valence-electron chi connectivity index (χ1n) is 5.94. The van der Waals surface area contributed by atoms with E-state index >= 15 is 0 Å². The lowest BCUT2D eigenvalue weighted by Crippen LogP contribution is -2.35. The van der Waals surface area contributed by atoms with E-state index in [0.29, 0.717) is 17.1 Å². The number of allylic oxidation sites excluding steroid dienone is 2. The molecule has 15 heavy (non-hydrogen) atoms. The van der Waals surface area contributed by atoms with E-state index in [0.717, 1.165) is 29.9 Å². The van der Waals surface area contributed by atoms with Crippen molar-refractivity contribution >= 4 is 17.5 Å². The van der Waals surface area contributed by atoms with Crippen molar-refractivity contribution in [1.82, 2.24) is 0 Å². The average Bonchev–Trinajstić information content (AvgIpc) is 2.27. The molecule has 2 atom stereocenters. The molecule has 0 spiro atoms. The van der Waals surface area contributed by atoms with Crippen molar-refractivity contribution in [3.8, 4) is 0 Å². The SMILES string of the molecule is O=C1CCCC2=C1S[C@@H]1CCCC[C@H]1O2. The summed E-state index contributed by atoms with van der Waals surface area (Å²) in [6, 6.07) is 0. The number of Topliss-reactive ketones (excluding diaryl/α,β-unsaturated/α-hetero) is 1. The molecule has 1 saturated carbocycles. The number of carbonyl (C=O) groups excluding carboxylic acids is 1. The van der Waals surface area contributed by atoms with Crippen molar-refractivity contribution in [3.63, 3.8) is 0 Å². The van der Waals surface area contributed by atoms with Crippen LogP contribution in [-0.4, -0.2) is 17.1 Å². The second kappa shape index (κ2) is 3.85. The molecule has 3 rings (SSSR count). The Morgan fingerprint density at radius 2 is 2.00 bits per heavy atom. The number of carbonyl (C=O) groups is 1. The second-order valence-corrected chi connectivity index (χ2v) is 5.88. The van der Waals surface area contributed by atoms with Crippen molar-refractivity contribution in [1.29, 1.82) is 0 Å². The second-order valence-electron chi connectivity index (χ2n) is 4.63. The molecule has 0 aromatic rings. The molecule has 1 heterocycles. The van der Waals surface area contributed by atoms with Crippen LogP contribution in [0.15, 0.2) is 10.7 Å². The zero-order valence-corrected chi connectivity index (χ0v) is 9.65. The Labute approximate surface area is 94.4 Å². The summed E-state index contributed by atoms with van der Waals surface area (Å²) in [6.07, 6.45) is 8.09. The smallest absolute Gasteiger partial charge is 0.172 e. The van der Waals surface area contributed by atoms with Gasteiger partial charge in [0.1, 0.15) is 11.9 Å². The third-order valence-corrected chi connectivity index (χ3v) is 5.05. The number of thioether (sulfide) groups is 1. The molecule has 3 aliphatic rings. The number of ketones is 1. The molecule has 0 saturated heterocycles. The number of fused-ring (bicyclic) bond motifs is 1. The number of hydrogen-bond acceptors (Lipinski definition) is 3. The summed E-state index contributed by atoms with van der Waals surface area (Å²) in [5.74, 6) is 1.34. The van der Waals surface area contributed by atoms with E-state index in [1.807, 2.05) is 11.8 Å². The zero-order valence-electron chi connectivity index (χ0n) is 8.83. The number of rotatable bonds is 0. The Morgan fingerprint density at radius 3 is 2.93 bits per heavy atom. The molecule has 0 N–H and O–H groups in total. The molecular formula is C12H16O2S. The van der Waals surface area contributed by atoms with Crippen LogP contribution in [0.2, 0.25) is 0 Å². The highest BCUT2D eigenvalue weighted by Gasteiger charge is 2.37. The Bertz CT molecular complexity index is 322. The zero-order chi connectivity index (χ0) is 10.3. The molecule has 2 nitrogen and oxygen atoms in total. The van der Waals surface area contributed by atoms with Gasteiger partial charge >= 0.3 is 0 Å². The van der Waals surface area contributed by atoms with E-state index in [4.69, 9.17) is 4.74 Å². The van der Waals surface area contributed by atoms with Gasteiger partial charge in [0, 0.05) is 18.1 Å². The number of ether oxygens (including phenoxy) is 1. The first-order chi connectivity index (χ1) is 7.34. The quantitative estimate of drug-likeness (QED) is 0.632. The monoisotopic (exact) mass is 224 g/mol. The van der Waals surface area contributed by atoms with Crippen LogP contribution >= 0.6 is 11.8 Å². The lowest BCUT2D eigenvalue weighted by molar-refractivity contribution is -0.116. The van der Waals surface area contributed by atoms with Gasteiger partial charge in [0.15, 0.2) is 5.78 Å². The van der Waals surface area contributed by atoms with E-state index in [2.05, 4.69) is 0 Å². The lowest BCUT2D eigenvalue weighted by Gasteiger charge is -2.38. The minimum absolute atomic E-state index is 0.324. The molecule has 0 radical (unpaired) electrons. The van der Waals surface area contributed by atoms with Crippen LogP contribution in [0.3, 0.4) is 0 Å². The molecule has 2 aliphatic carbocycles. The van der Waals surface area contributed by atoms with Gasteiger partial charge in [-0.15, -0.1) is 11.8 Å².